The van der Waals surface area contributed by atoms with Gasteiger partial charge in [-0.05, 0) is 35.9 Å². The molecule has 3 aromatic rings. The molecule has 3 aromatic carbocycles. The summed E-state index contributed by atoms with van der Waals surface area (Å²) >= 11 is 5.88. The molecule has 0 bridgehead atoms. The quantitative estimate of drug-likeness (QED) is 0.557. The van der Waals surface area contributed by atoms with Gasteiger partial charge in [-0.2, -0.15) is 5.26 Å². The van der Waals surface area contributed by atoms with Gasteiger partial charge < -0.3 is 9.47 Å². The van der Waals surface area contributed by atoms with Crippen molar-refractivity contribution in [2.24, 2.45) is 0 Å². The lowest BCUT2D eigenvalue weighted by Crippen LogP contribution is -2.09. The first-order valence-electron chi connectivity index (χ1n) is 8.29. The van der Waals surface area contributed by atoms with Crippen molar-refractivity contribution < 1.29 is 14.3 Å². The maximum Gasteiger partial charge on any atom is 0.342 e. The summed E-state index contributed by atoms with van der Waals surface area (Å²) in [6.07, 6.45) is 0. The monoisotopic (exact) mass is 377 g/mol. The fraction of sp³-hybridized carbons (Fsp3) is 0.0909. The Morgan fingerprint density at radius 3 is 2.41 bits per heavy atom. The maximum absolute atomic E-state index is 12.5. The van der Waals surface area contributed by atoms with Crippen LogP contribution in [0.5, 0.6) is 5.75 Å². The van der Waals surface area contributed by atoms with Gasteiger partial charge in [-0.3, -0.25) is 0 Å². The lowest BCUT2D eigenvalue weighted by atomic mass is 10.1. The molecule has 134 valence electrons. The van der Waals surface area contributed by atoms with Gasteiger partial charge in [0.25, 0.3) is 0 Å². The van der Waals surface area contributed by atoms with Crippen LogP contribution in [-0.2, 0) is 18.0 Å². The molecule has 0 radical (unpaired) electrons. The van der Waals surface area contributed by atoms with Crippen molar-refractivity contribution in [3.8, 4) is 11.8 Å². The highest BCUT2D eigenvalue weighted by atomic mass is 35.5. The second kappa shape index (κ2) is 8.88. The fourth-order valence-corrected chi connectivity index (χ4v) is 2.61. The first kappa shape index (κ1) is 18.5. The summed E-state index contributed by atoms with van der Waals surface area (Å²) in [5.41, 5.74) is 2.41. The number of esters is 1. The third-order valence-electron chi connectivity index (χ3n) is 3.91. The molecule has 0 saturated carbocycles. The highest BCUT2D eigenvalue weighted by molar-refractivity contribution is 6.30. The van der Waals surface area contributed by atoms with E-state index in [1.54, 1.807) is 60.7 Å². The summed E-state index contributed by atoms with van der Waals surface area (Å²) in [6.45, 7) is 0.326. The minimum Gasteiger partial charge on any atom is -0.488 e. The van der Waals surface area contributed by atoms with E-state index in [9.17, 15) is 4.79 Å². The Kier molecular flexibility index (Phi) is 6.09. The van der Waals surface area contributed by atoms with Crippen LogP contribution >= 0.6 is 11.6 Å². The van der Waals surface area contributed by atoms with Gasteiger partial charge in [-0.1, -0.05) is 54.1 Å². The van der Waals surface area contributed by atoms with E-state index >= 15 is 0 Å². The van der Waals surface area contributed by atoms with Crippen LogP contribution in [0.15, 0.2) is 72.8 Å². The molecule has 27 heavy (non-hydrogen) atoms. The summed E-state index contributed by atoms with van der Waals surface area (Å²) in [4.78, 5) is 12.5. The Morgan fingerprint density at radius 1 is 0.926 bits per heavy atom. The number of hydrogen-bond acceptors (Lipinski definition) is 4. The topological polar surface area (TPSA) is 59.3 Å². The van der Waals surface area contributed by atoms with Gasteiger partial charge in [0.05, 0.1) is 11.6 Å². The van der Waals surface area contributed by atoms with Gasteiger partial charge in [-0.15, -0.1) is 0 Å². The number of carbonyl (C=O) groups is 1. The van der Waals surface area contributed by atoms with E-state index in [0.717, 1.165) is 5.56 Å². The molecular formula is C22H16ClNO3. The standard InChI is InChI=1S/C22H16ClNO3/c23-19-11-9-16(10-12-19)14-26-21-8-4-3-7-20(21)22(25)27-15-18-6-2-1-5-17(18)13-24/h1-12H,14-15H2. The van der Waals surface area contributed by atoms with Gasteiger partial charge in [0.1, 0.15) is 24.5 Å². The summed E-state index contributed by atoms with van der Waals surface area (Å²) in [5.74, 6) is -0.0690. The minimum absolute atomic E-state index is 0.0219. The van der Waals surface area contributed by atoms with Crippen LogP contribution in [0.25, 0.3) is 0 Å². The molecule has 0 spiro atoms. The molecule has 0 heterocycles. The Balaban J connectivity index is 1.68. The lowest BCUT2D eigenvalue weighted by Gasteiger charge is -2.12. The van der Waals surface area contributed by atoms with Crippen LogP contribution in [-0.4, -0.2) is 5.97 Å². The lowest BCUT2D eigenvalue weighted by molar-refractivity contribution is 0.0467. The van der Waals surface area contributed by atoms with Gasteiger partial charge in [-0.25, -0.2) is 4.79 Å². The molecule has 5 heteroatoms. The van der Waals surface area contributed by atoms with Gasteiger partial charge >= 0.3 is 5.97 Å². The zero-order valence-electron chi connectivity index (χ0n) is 14.4. The van der Waals surface area contributed by atoms with Crippen LogP contribution < -0.4 is 4.74 Å². The van der Waals surface area contributed by atoms with Crippen LogP contribution in [0.3, 0.4) is 0 Å². The van der Waals surface area contributed by atoms with E-state index in [0.29, 0.717) is 34.1 Å². The smallest absolute Gasteiger partial charge is 0.342 e. The fourth-order valence-electron chi connectivity index (χ4n) is 2.48. The summed E-state index contributed by atoms with van der Waals surface area (Å²) in [7, 11) is 0. The Bertz CT molecular complexity index is 977. The van der Waals surface area contributed by atoms with Gasteiger partial charge in [0.2, 0.25) is 0 Å². The van der Waals surface area contributed by atoms with Crippen molar-refractivity contribution in [1.29, 1.82) is 5.26 Å². The first-order chi connectivity index (χ1) is 13.2. The number of nitriles is 1. The third-order valence-corrected chi connectivity index (χ3v) is 4.16. The molecule has 0 aliphatic rings. The molecule has 0 saturated heterocycles. The minimum atomic E-state index is -0.505. The molecule has 0 aromatic heterocycles. The number of hydrogen-bond donors (Lipinski definition) is 0. The van der Waals surface area contributed by atoms with Crippen molar-refractivity contribution in [3.05, 3.63) is 100 Å². The van der Waals surface area contributed by atoms with Crippen molar-refractivity contribution in [2.75, 3.05) is 0 Å². The highest BCUT2D eigenvalue weighted by Gasteiger charge is 2.14. The maximum atomic E-state index is 12.5. The van der Waals surface area contributed by atoms with Crippen LogP contribution in [0.2, 0.25) is 5.02 Å². The number of nitrogens with zero attached hydrogens (tertiary/aromatic N) is 1. The second-order valence-corrected chi connectivity index (χ2v) is 6.19. The molecule has 0 amide bonds. The number of ether oxygens (including phenoxy) is 2. The Labute approximate surface area is 162 Å². The van der Waals surface area contributed by atoms with Crippen LogP contribution in [0.1, 0.15) is 27.0 Å². The molecule has 0 unspecified atom stereocenters. The van der Waals surface area contributed by atoms with E-state index < -0.39 is 5.97 Å². The average molecular weight is 378 g/mol. The third kappa shape index (κ3) is 4.87. The predicted molar refractivity (Wildman–Crippen MR) is 103 cm³/mol. The van der Waals surface area contributed by atoms with E-state index in [1.165, 1.54) is 0 Å². The molecular weight excluding hydrogens is 362 g/mol. The number of para-hydroxylation sites is 1. The van der Waals surface area contributed by atoms with Crippen LogP contribution in [0, 0.1) is 11.3 Å². The zero-order valence-corrected chi connectivity index (χ0v) is 15.1. The summed E-state index contributed by atoms with van der Waals surface area (Å²) in [6, 6.07) is 23.3. The first-order valence-corrected chi connectivity index (χ1v) is 8.66. The van der Waals surface area contributed by atoms with Crippen LogP contribution in [0.4, 0.5) is 0 Å². The van der Waals surface area contributed by atoms with Crippen molar-refractivity contribution >= 4 is 17.6 Å². The number of halogens is 1. The summed E-state index contributed by atoms with van der Waals surface area (Å²) in [5, 5.41) is 9.77. The van der Waals surface area contributed by atoms with Crippen molar-refractivity contribution in [3.63, 3.8) is 0 Å². The van der Waals surface area contributed by atoms with Gasteiger partial charge in [0.15, 0.2) is 0 Å². The summed E-state index contributed by atoms with van der Waals surface area (Å²) < 4.78 is 11.2. The van der Waals surface area contributed by atoms with Crippen molar-refractivity contribution in [2.45, 2.75) is 13.2 Å². The number of carbonyl (C=O) groups excluding carboxylic acids is 1. The Hall–Kier alpha value is -3.29. The zero-order chi connectivity index (χ0) is 19.1. The molecule has 0 fully saturated rings. The predicted octanol–water partition coefficient (Wildman–Crippen LogP) is 5.15. The molecule has 0 aliphatic heterocycles. The highest BCUT2D eigenvalue weighted by Crippen LogP contribution is 2.22. The van der Waals surface area contributed by atoms with E-state index in [-0.39, 0.29) is 6.61 Å². The largest absolute Gasteiger partial charge is 0.488 e. The molecule has 3 rings (SSSR count). The second-order valence-electron chi connectivity index (χ2n) is 5.76. The van der Waals surface area contributed by atoms with E-state index in [4.69, 9.17) is 26.3 Å². The van der Waals surface area contributed by atoms with E-state index in [2.05, 4.69) is 6.07 Å². The molecule has 0 atom stereocenters. The van der Waals surface area contributed by atoms with Crippen molar-refractivity contribution in [1.82, 2.24) is 0 Å². The molecule has 0 aliphatic carbocycles. The number of benzene rings is 3. The number of rotatable bonds is 6. The molecule has 4 nitrogen and oxygen atoms in total. The van der Waals surface area contributed by atoms with E-state index in [1.807, 2.05) is 12.1 Å². The molecule has 0 N–H and O–H groups in total. The van der Waals surface area contributed by atoms with Gasteiger partial charge in [0, 0.05) is 10.6 Å². The normalized spacial score (nSPS) is 10.1. The Morgan fingerprint density at radius 2 is 1.63 bits per heavy atom. The SMILES string of the molecule is N#Cc1ccccc1COC(=O)c1ccccc1OCc1ccc(Cl)cc1. The average Bonchev–Trinajstić information content (AvgIpc) is 2.72.